The van der Waals surface area contributed by atoms with Crippen molar-refractivity contribution in [2.45, 2.75) is 89.9 Å². The van der Waals surface area contributed by atoms with Gasteiger partial charge >= 0.3 is 0 Å². The summed E-state index contributed by atoms with van der Waals surface area (Å²) in [6.45, 7) is 0. The third kappa shape index (κ3) is 13.8. The third-order valence-corrected chi connectivity index (χ3v) is 7.13. The van der Waals surface area contributed by atoms with E-state index in [0.717, 1.165) is 25.7 Å². The Balaban J connectivity index is 1.57. The molecular weight excluding hydrogens is 486 g/mol. The molecule has 0 spiro atoms. The Hall–Kier alpha value is -2.60. The minimum Gasteiger partial charge on any atom is -0.378 e. The van der Waals surface area contributed by atoms with E-state index in [1.165, 1.54) is 92.4 Å². The molecule has 210 valence electrons. The van der Waals surface area contributed by atoms with E-state index in [1.807, 2.05) is 0 Å². The van der Waals surface area contributed by atoms with Crippen LogP contribution in [0, 0.1) is 0 Å². The normalized spacial score (nSPS) is 10.7. The maximum atomic E-state index is 5.62. The van der Waals surface area contributed by atoms with Gasteiger partial charge in [0.15, 0.2) is 5.11 Å². The highest BCUT2D eigenvalue weighted by Crippen LogP contribution is 2.18. The molecule has 2 rings (SSSR count). The lowest BCUT2D eigenvalue weighted by molar-refractivity contribution is 0.609. The molecule has 0 atom stereocenters. The predicted octanol–water partition coefficient (Wildman–Crippen LogP) is 7.47. The summed E-state index contributed by atoms with van der Waals surface area (Å²) in [6.07, 6.45) is 16.9. The fraction of sp³-hybridized carbons (Fsp3) is 0.562. The highest BCUT2D eigenvalue weighted by Gasteiger charge is 2.04. The summed E-state index contributed by atoms with van der Waals surface area (Å²) < 4.78 is 0. The molecule has 0 aliphatic carbocycles. The number of anilines is 2. The first-order valence-corrected chi connectivity index (χ1v) is 14.9. The van der Waals surface area contributed by atoms with Gasteiger partial charge in [-0.3, -0.25) is 5.43 Å². The van der Waals surface area contributed by atoms with Crippen LogP contribution in [0.1, 0.15) is 88.2 Å². The minimum atomic E-state index is 0.249. The van der Waals surface area contributed by atoms with Crippen LogP contribution < -0.4 is 21.0 Å². The van der Waals surface area contributed by atoms with E-state index in [1.54, 1.807) is 0 Å². The molecule has 2 aromatic rings. The topological polar surface area (TPSA) is 56.9 Å². The van der Waals surface area contributed by atoms with Gasteiger partial charge < -0.3 is 15.5 Å². The van der Waals surface area contributed by atoms with Gasteiger partial charge in [0, 0.05) is 45.3 Å². The number of hydrogen-bond donors (Lipinski definition) is 2. The quantitative estimate of drug-likeness (QED) is 0.0842. The molecule has 0 saturated heterocycles. The van der Waals surface area contributed by atoms with Crippen molar-refractivity contribution in [3.05, 3.63) is 59.7 Å². The molecule has 0 amide bonds. The van der Waals surface area contributed by atoms with Crippen LogP contribution in [0.3, 0.4) is 0 Å². The summed E-state index contributed by atoms with van der Waals surface area (Å²) in [6, 6.07) is 17.8. The first-order valence-electron chi connectivity index (χ1n) is 14.5. The van der Waals surface area contributed by atoms with Crippen molar-refractivity contribution in [3.8, 4) is 0 Å². The number of nitrogens with zero attached hydrogens (tertiary/aromatic N) is 3. The van der Waals surface area contributed by atoms with Crippen LogP contribution in [0.2, 0.25) is 0 Å². The molecule has 0 heterocycles. The molecule has 0 saturated carbocycles. The lowest BCUT2D eigenvalue weighted by Gasteiger charge is -2.13. The zero-order valence-electron chi connectivity index (χ0n) is 24.3. The number of thiocarbonyl (C=S) groups is 1. The van der Waals surface area contributed by atoms with E-state index in [0.29, 0.717) is 0 Å². The fourth-order valence-electron chi connectivity index (χ4n) is 4.73. The molecule has 0 fully saturated rings. The molecule has 0 aromatic heterocycles. The molecule has 0 radical (unpaired) electrons. The second-order valence-corrected chi connectivity index (χ2v) is 11.3. The number of nitrogens with one attached hydrogen (secondary N) is 1. The maximum absolute atomic E-state index is 5.62. The van der Waals surface area contributed by atoms with Crippen molar-refractivity contribution in [1.82, 2.24) is 5.43 Å². The standard InChI is InChI=1S/C32H51N5S/c1-36(2)30-23-15-19-27(25-30)17-11-7-5-9-13-21-29(34-35-32(33)38)22-14-10-6-8-12-18-28-20-16-24-31(26-28)37(3)4/h15-16,19-20,23-26H,5-14,17-18,21-22H2,1-4H3,(H3,33,35,38). The largest absolute Gasteiger partial charge is 0.378 e. The van der Waals surface area contributed by atoms with Crippen LogP contribution in [0.15, 0.2) is 53.6 Å². The van der Waals surface area contributed by atoms with Gasteiger partial charge in [-0.25, -0.2) is 0 Å². The average molecular weight is 538 g/mol. The smallest absolute Gasteiger partial charge is 0.184 e. The number of rotatable bonds is 19. The summed E-state index contributed by atoms with van der Waals surface area (Å²) in [5.74, 6) is 0. The Bertz CT molecular complexity index is 902. The number of unbranched alkanes of at least 4 members (excludes halogenated alkanes) is 8. The maximum Gasteiger partial charge on any atom is 0.184 e. The lowest BCUT2D eigenvalue weighted by atomic mass is 10.0. The molecule has 0 aliphatic rings. The second-order valence-electron chi connectivity index (χ2n) is 10.8. The van der Waals surface area contributed by atoms with E-state index >= 15 is 0 Å². The van der Waals surface area contributed by atoms with Crippen molar-refractivity contribution >= 4 is 34.4 Å². The Labute approximate surface area is 237 Å². The molecular formula is C32H51N5S. The molecule has 0 unspecified atom stereocenters. The number of aryl methyl sites for hydroxylation is 2. The van der Waals surface area contributed by atoms with Crippen molar-refractivity contribution < 1.29 is 0 Å². The summed E-state index contributed by atoms with van der Waals surface area (Å²) in [5, 5.41) is 4.76. The number of nitrogens with two attached hydrogens (primary N) is 1. The molecule has 0 aliphatic heterocycles. The average Bonchev–Trinajstić information content (AvgIpc) is 2.90. The molecule has 6 heteroatoms. The minimum absolute atomic E-state index is 0.249. The van der Waals surface area contributed by atoms with Crippen LogP contribution in [0.5, 0.6) is 0 Å². The van der Waals surface area contributed by atoms with Gasteiger partial charge in [-0.15, -0.1) is 0 Å². The highest BCUT2D eigenvalue weighted by molar-refractivity contribution is 7.80. The van der Waals surface area contributed by atoms with Gasteiger partial charge in [-0.2, -0.15) is 5.10 Å². The van der Waals surface area contributed by atoms with Gasteiger partial charge in [0.2, 0.25) is 0 Å². The zero-order valence-corrected chi connectivity index (χ0v) is 25.2. The number of hydrogen-bond acceptors (Lipinski definition) is 4. The predicted molar refractivity (Wildman–Crippen MR) is 172 cm³/mol. The Morgan fingerprint density at radius 3 is 1.53 bits per heavy atom. The van der Waals surface area contributed by atoms with Crippen LogP contribution in [-0.2, 0) is 12.8 Å². The summed E-state index contributed by atoms with van der Waals surface area (Å²) in [7, 11) is 8.39. The van der Waals surface area contributed by atoms with Crippen LogP contribution in [0.4, 0.5) is 11.4 Å². The first-order chi connectivity index (χ1) is 18.3. The van der Waals surface area contributed by atoms with Gasteiger partial charge in [0.05, 0.1) is 0 Å². The highest BCUT2D eigenvalue weighted by atomic mass is 32.1. The first kappa shape index (κ1) is 31.6. The van der Waals surface area contributed by atoms with Gasteiger partial charge in [-0.1, -0.05) is 62.8 Å². The Kier molecular flexibility index (Phi) is 15.5. The second kappa shape index (κ2) is 18.6. The van der Waals surface area contributed by atoms with Crippen LogP contribution in [-0.4, -0.2) is 39.0 Å². The van der Waals surface area contributed by atoms with E-state index in [4.69, 9.17) is 18.0 Å². The van der Waals surface area contributed by atoms with E-state index in [9.17, 15) is 0 Å². The summed E-state index contributed by atoms with van der Waals surface area (Å²) >= 11 is 4.96. The van der Waals surface area contributed by atoms with Gasteiger partial charge in [0.1, 0.15) is 0 Å². The molecule has 5 nitrogen and oxygen atoms in total. The molecule has 2 aromatic carbocycles. The van der Waals surface area contributed by atoms with Crippen LogP contribution in [0.25, 0.3) is 0 Å². The van der Waals surface area contributed by atoms with Crippen LogP contribution >= 0.6 is 12.2 Å². The molecule has 38 heavy (non-hydrogen) atoms. The fourth-order valence-corrected chi connectivity index (χ4v) is 4.77. The zero-order chi connectivity index (χ0) is 27.6. The summed E-state index contributed by atoms with van der Waals surface area (Å²) in [5.41, 5.74) is 15.1. The monoisotopic (exact) mass is 537 g/mol. The number of benzene rings is 2. The number of hydrazone groups is 1. The van der Waals surface area contributed by atoms with Crippen molar-refractivity contribution in [3.63, 3.8) is 0 Å². The Morgan fingerprint density at radius 1 is 0.684 bits per heavy atom. The van der Waals surface area contributed by atoms with Gasteiger partial charge in [0.25, 0.3) is 0 Å². The summed E-state index contributed by atoms with van der Waals surface area (Å²) in [4.78, 5) is 4.34. The van der Waals surface area contributed by atoms with E-state index in [-0.39, 0.29) is 5.11 Å². The van der Waals surface area contributed by atoms with E-state index in [2.05, 4.69) is 97.0 Å². The van der Waals surface area contributed by atoms with Crippen molar-refractivity contribution in [2.75, 3.05) is 38.0 Å². The van der Waals surface area contributed by atoms with E-state index < -0.39 is 0 Å². The molecule has 0 bridgehead atoms. The van der Waals surface area contributed by atoms with Gasteiger partial charge in [-0.05, 0) is 99.0 Å². The molecule has 3 N–H and O–H groups in total. The van der Waals surface area contributed by atoms with Crippen molar-refractivity contribution in [1.29, 1.82) is 0 Å². The SMILES string of the molecule is CN(C)c1cccc(CCCCCCCC(CCCCCCCc2cccc(N(C)C)c2)=NNC(N)=S)c1. The third-order valence-electron chi connectivity index (χ3n) is 7.04. The Morgan fingerprint density at radius 2 is 1.11 bits per heavy atom. The lowest BCUT2D eigenvalue weighted by Crippen LogP contribution is -2.25. The van der Waals surface area contributed by atoms with Crippen molar-refractivity contribution in [2.24, 2.45) is 10.8 Å².